The van der Waals surface area contributed by atoms with Crippen LogP contribution in [0.15, 0.2) is 65.3 Å². The van der Waals surface area contributed by atoms with E-state index in [1.165, 1.54) is 0 Å². The molecule has 0 aliphatic heterocycles. The van der Waals surface area contributed by atoms with Gasteiger partial charge in [-0.15, -0.1) is 0 Å². The van der Waals surface area contributed by atoms with Gasteiger partial charge >= 0.3 is 0 Å². The van der Waals surface area contributed by atoms with Crippen molar-refractivity contribution < 1.29 is 9.15 Å². The van der Waals surface area contributed by atoms with Gasteiger partial charge < -0.3 is 9.15 Å². The van der Waals surface area contributed by atoms with Crippen LogP contribution in [0.2, 0.25) is 5.02 Å². The largest absolute Gasteiger partial charge is 0.495 e. The fourth-order valence-corrected chi connectivity index (χ4v) is 3.32. The summed E-state index contributed by atoms with van der Waals surface area (Å²) < 4.78 is 12.7. The molecule has 5 aromatic rings. The van der Waals surface area contributed by atoms with Crippen LogP contribution >= 0.6 is 11.6 Å². The average molecular weight is 377 g/mol. The minimum absolute atomic E-state index is 0.496. The highest BCUT2D eigenvalue weighted by Gasteiger charge is 2.19. The molecule has 5 rings (SSSR count). The van der Waals surface area contributed by atoms with Crippen LogP contribution in [0.25, 0.3) is 39.6 Å². The van der Waals surface area contributed by atoms with Gasteiger partial charge in [-0.25, -0.2) is 15.0 Å². The molecule has 0 saturated heterocycles. The van der Waals surface area contributed by atoms with Crippen molar-refractivity contribution in [3.63, 3.8) is 0 Å². The van der Waals surface area contributed by atoms with Crippen molar-refractivity contribution in [3.05, 3.63) is 65.9 Å². The van der Waals surface area contributed by atoms with Crippen molar-refractivity contribution in [1.82, 2.24) is 19.5 Å². The number of ether oxygens (including phenoxy) is 1. The second kappa shape index (κ2) is 6.10. The Morgan fingerprint density at radius 1 is 0.963 bits per heavy atom. The van der Waals surface area contributed by atoms with Crippen molar-refractivity contribution >= 4 is 33.9 Å². The molecule has 0 bridgehead atoms. The molecule has 0 saturated carbocycles. The molecule has 0 unspecified atom stereocenters. The van der Waals surface area contributed by atoms with Gasteiger partial charge in [0.1, 0.15) is 5.75 Å². The Labute approximate surface area is 159 Å². The molecule has 3 aromatic heterocycles. The summed E-state index contributed by atoms with van der Waals surface area (Å²) in [5.74, 6) is 1.82. The van der Waals surface area contributed by atoms with Gasteiger partial charge in [0, 0.05) is 0 Å². The van der Waals surface area contributed by atoms with E-state index >= 15 is 0 Å². The van der Waals surface area contributed by atoms with Crippen molar-refractivity contribution in [1.29, 1.82) is 0 Å². The highest BCUT2D eigenvalue weighted by Crippen LogP contribution is 2.32. The second-order valence-electron chi connectivity index (χ2n) is 5.93. The average Bonchev–Trinajstić information content (AvgIpc) is 3.33. The predicted octanol–water partition coefficient (Wildman–Crippen LogP) is 4.89. The van der Waals surface area contributed by atoms with E-state index < -0.39 is 0 Å². The van der Waals surface area contributed by atoms with Crippen molar-refractivity contribution in [2.24, 2.45) is 0 Å². The molecule has 7 heteroatoms. The lowest BCUT2D eigenvalue weighted by molar-refractivity contribution is 0.415. The zero-order valence-corrected chi connectivity index (χ0v) is 15.0. The molecular weight excluding hydrogens is 364 g/mol. The maximum absolute atomic E-state index is 6.35. The monoisotopic (exact) mass is 376 g/mol. The SMILES string of the molecule is COc1ccc(-n2c(-c3ccco3)nc3nc4ccccc4nc32)cc1Cl. The Morgan fingerprint density at radius 3 is 2.48 bits per heavy atom. The Hall–Kier alpha value is -3.38. The van der Waals surface area contributed by atoms with Crippen LogP contribution in [0.3, 0.4) is 0 Å². The number of methoxy groups -OCH3 is 1. The number of halogens is 1. The molecule has 0 radical (unpaired) electrons. The van der Waals surface area contributed by atoms with Gasteiger partial charge in [-0.3, -0.25) is 4.57 Å². The Kier molecular flexibility index (Phi) is 3.58. The van der Waals surface area contributed by atoms with Crippen LogP contribution in [0.1, 0.15) is 0 Å². The molecule has 0 aliphatic carbocycles. The van der Waals surface area contributed by atoms with Crippen LogP contribution < -0.4 is 4.74 Å². The number of hydrogen-bond donors (Lipinski definition) is 0. The van der Waals surface area contributed by atoms with Gasteiger partial charge in [0.05, 0.1) is 35.1 Å². The van der Waals surface area contributed by atoms with Crippen molar-refractivity contribution in [2.75, 3.05) is 7.11 Å². The third-order valence-electron chi connectivity index (χ3n) is 4.30. The first kappa shape index (κ1) is 15.8. The van der Waals surface area contributed by atoms with Gasteiger partial charge in [-0.05, 0) is 42.5 Å². The van der Waals surface area contributed by atoms with Crippen LogP contribution in [-0.4, -0.2) is 26.6 Å². The van der Waals surface area contributed by atoms with Crippen molar-refractivity contribution in [3.8, 4) is 23.0 Å². The highest BCUT2D eigenvalue weighted by molar-refractivity contribution is 6.32. The zero-order chi connectivity index (χ0) is 18.4. The summed E-state index contributed by atoms with van der Waals surface area (Å²) in [4.78, 5) is 14.1. The number of benzene rings is 2. The maximum Gasteiger partial charge on any atom is 0.199 e. The summed E-state index contributed by atoms with van der Waals surface area (Å²) in [6.45, 7) is 0. The summed E-state index contributed by atoms with van der Waals surface area (Å²) >= 11 is 6.35. The lowest BCUT2D eigenvalue weighted by Crippen LogP contribution is -1.99. The number of fused-ring (bicyclic) bond motifs is 2. The number of imidazole rings is 1. The molecule has 0 N–H and O–H groups in total. The first-order valence-corrected chi connectivity index (χ1v) is 8.65. The quantitative estimate of drug-likeness (QED) is 0.448. The van der Waals surface area contributed by atoms with E-state index in [0.717, 1.165) is 16.7 Å². The molecule has 0 spiro atoms. The molecule has 0 aliphatic rings. The van der Waals surface area contributed by atoms with E-state index in [1.54, 1.807) is 13.4 Å². The number of aromatic nitrogens is 4. The molecule has 2 aromatic carbocycles. The van der Waals surface area contributed by atoms with E-state index in [1.807, 2.05) is 59.2 Å². The number of rotatable bonds is 3. The maximum atomic E-state index is 6.35. The molecule has 132 valence electrons. The van der Waals surface area contributed by atoms with Gasteiger partial charge in [-0.2, -0.15) is 0 Å². The first-order valence-electron chi connectivity index (χ1n) is 8.27. The third kappa shape index (κ3) is 2.53. The minimum atomic E-state index is 0.496. The minimum Gasteiger partial charge on any atom is -0.495 e. The number of furan rings is 1. The van der Waals surface area contributed by atoms with Crippen LogP contribution in [0.4, 0.5) is 0 Å². The molecule has 0 amide bonds. The normalized spacial score (nSPS) is 11.3. The van der Waals surface area contributed by atoms with E-state index in [2.05, 4.69) is 9.97 Å². The van der Waals surface area contributed by atoms with Crippen molar-refractivity contribution in [2.45, 2.75) is 0 Å². The molecule has 3 heterocycles. The van der Waals surface area contributed by atoms with Crippen LogP contribution in [0.5, 0.6) is 5.75 Å². The molecule has 0 atom stereocenters. The standard InChI is InChI=1S/C20H13ClN4O2/c1-26-16-9-8-12(11-13(16)21)25-19(17-7-4-10-27-17)24-18-20(25)23-15-6-3-2-5-14(15)22-18/h2-11H,1H3. The molecule has 27 heavy (non-hydrogen) atoms. The highest BCUT2D eigenvalue weighted by atomic mass is 35.5. The van der Waals surface area contributed by atoms with Gasteiger partial charge in [-0.1, -0.05) is 23.7 Å². The lowest BCUT2D eigenvalue weighted by Gasteiger charge is -2.10. The number of para-hydroxylation sites is 2. The molecule has 0 fully saturated rings. The Morgan fingerprint density at radius 2 is 1.78 bits per heavy atom. The smallest absolute Gasteiger partial charge is 0.199 e. The summed E-state index contributed by atoms with van der Waals surface area (Å²) in [6.07, 6.45) is 1.61. The van der Waals surface area contributed by atoms with Gasteiger partial charge in [0.15, 0.2) is 22.9 Å². The van der Waals surface area contributed by atoms with Crippen LogP contribution in [0, 0.1) is 0 Å². The van der Waals surface area contributed by atoms with E-state index in [9.17, 15) is 0 Å². The topological polar surface area (TPSA) is 66.0 Å². The summed E-state index contributed by atoms with van der Waals surface area (Å²) in [7, 11) is 1.58. The van der Waals surface area contributed by atoms with Gasteiger partial charge in [0.25, 0.3) is 0 Å². The number of nitrogens with zero attached hydrogens (tertiary/aromatic N) is 4. The molecule has 6 nitrogen and oxygen atoms in total. The summed E-state index contributed by atoms with van der Waals surface area (Å²) in [6, 6.07) is 16.9. The second-order valence-corrected chi connectivity index (χ2v) is 6.33. The fourth-order valence-electron chi connectivity index (χ4n) is 3.07. The van der Waals surface area contributed by atoms with E-state index in [-0.39, 0.29) is 0 Å². The Bertz CT molecular complexity index is 1280. The van der Waals surface area contributed by atoms with Gasteiger partial charge in [0.2, 0.25) is 0 Å². The third-order valence-corrected chi connectivity index (χ3v) is 4.60. The predicted molar refractivity (Wildman–Crippen MR) is 103 cm³/mol. The van der Waals surface area contributed by atoms with E-state index in [4.69, 9.17) is 25.7 Å². The zero-order valence-electron chi connectivity index (χ0n) is 14.3. The summed E-state index contributed by atoms with van der Waals surface area (Å²) in [5, 5.41) is 0.496. The lowest BCUT2D eigenvalue weighted by atomic mass is 10.2. The van der Waals surface area contributed by atoms with E-state index in [0.29, 0.717) is 33.7 Å². The molecular formula is C20H13ClN4O2. The first-order chi connectivity index (χ1) is 13.2. The van der Waals surface area contributed by atoms with Crippen LogP contribution in [-0.2, 0) is 0 Å². The number of hydrogen-bond acceptors (Lipinski definition) is 5. The Balaban J connectivity index is 1.86. The fraction of sp³-hybridized carbons (Fsp3) is 0.0500. The summed E-state index contributed by atoms with van der Waals surface area (Å²) in [5.41, 5.74) is 3.53.